The molecule has 21 heavy (non-hydrogen) atoms. The first kappa shape index (κ1) is 15.7. The normalized spacial score (nSPS) is 10.7. The predicted octanol–water partition coefficient (Wildman–Crippen LogP) is 3.57. The van der Waals surface area contributed by atoms with E-state index in [1.165, 1.54) is 16.9 Å². The van der Waals surface area contributed by atoms with Gasteiger partial charge in [0.25, 0.3) is 5.91 Å². The molecular weight excluding hydrogens is 284 g/mol. The molecule has 1 amide bonds. The summed E-state index contributed by atoms with van der Waals surface area (Å²) in [6, 6.07) is 6.10. The number of ether oxygens (including phenoxy) is 1. The monoisotopic (exact) mass is 304 g/mol. The first-order valence-electron chi connectivity index (χ1n) is 6.89. The lowest BCUT2D eigenvalue weighted by Crippen LogP contribution is -2.31. The zero-order chi connectivity index (χ0) is 15.4. The number of amides is 1. The van der Waals surface area contributed by atoms with Crippen LogP contribution in [0.3, 0.4) is 0 Å². The summed E-state index contributed by atoms with van der Waals surface area (Å²) < 4.78 is 5.05. The van der Waals surface area contributed by atoms with E-state index >= 15 is 0 Å². The summed E-state index contributed by atoms with van der Waals surface area (Å²) in [6.45, 7) is 7.09. The molecule has 0 saturated carbocycles. The van der Waals surface area contributed by atoms with Crippen molar-refractivity contribution in [3.05, 3.63) is 45.4 Å². The Labute approximate surface area is 129 Å². The minimum Gasteiger partial charge on any atom is -0.378 e. The van der Waals surface area contributed by atoms with Gasteiger partial charge in [0, 0.05) is 24.7 Å². The van der Waals surface area contributed by atoms with E-state index in [-0.39, 0.29) is 5.91 Å². The quantitative estimate of drug-likeness (QED) is 0.848. The van der Waals surface area contributed by atoms with Crippen LogP contribution in [0.4, 0.5) is 5.69 Å². The molecule has 1 aromatic carbocycles. The van der Waals surface area contributed by atoms with Crippen molar-refractivity contribution in [1.82, 2.24) is 4.98 Å². The Bertz CT molecular complexity index is 637. The molecule has 0 bridgehead atoms. The molecule has 0 spiro atoms. The molecule has 1 heterocycles. The predicted molar refractivity (Wildman–Crippen MR) is 86.1 cm³/mol. The molecule has 0 N–H and O–H groups in total. The fourth-order valence-electron chi connectivity index (χ4n) is 2.27. The van der Waals surface area contributed by atoms with Crippen molar-refractivity contribution in [2.24, 2.45) is 0 Å². The van der Waals surface area contributed by atoms with E-state index in [2.05, 4.69) is 11.1 Å². The van der Waals surface area contributed by atoms with Crippen LogP contribution in [-0.4, -0.2) is 24.5 Å². The van der Waals surface area contributed by atoms with Gasteiger partial charge in [-0.3, -0.25) is 4.79 Å². The number of methoxy groups -OCH3 is 1. The second-order valence-corrected chi connectivity index (χ2v) is 5.84. The number of carbonyl (C=O) groups excluding carboxylic acids is 1. The van der Waals surface area contributed by atoms with E-state index in [1.54, 1.807) is 17.4 Å². The largest absolute Gasteiger partial charge is 0.378 e. The van der Waals surface area contributed by atoms with Gasteiger partial charge in [-0.15, -0.1) is 11.3 Å². The van der Waals surface area contributed by atoms with Gasteiger partial charge in [-0.05, 0) is 32.4 Å². The summed E-state index contributed by atoms with van der Waals surface area (Å²) in [6.07, 6.45) is 0. The Morgan fingerprint density at radius 2 is 2.14 bits per heavy atom. The third-order valence-electron chi connectivity index (χ3n) is 3.24. The highest BCUT2D eigenvalue weighted by atomic mass is 32.1. The van der Waals surface area contributed by atoms with Crippen LogP contribution in [0, 0.1) is 13.8 Å². The fourth-order valence-corrected chi connectivity index (χ4v) is 3.01. The van der Waals surface area contributed by atoms with Crippen molar-refractivity contribution in [2.45, 2.75) is 27.4 Å². The number of benzene rings is 1. The highest BCUT2D eigenvalue weighted by Gasteiger charge is 2.20. The van der Waals surface area contributed by atoms with Crippen molar-refractivity contribution in [1.29, 1.82) is 0 Å². The van der Waals surface area contributed by atoms with Crippen LogP contribution in [0.25, 0.3) is 0 Å². The molecular formula is C16H20N2O2S. The third-order valence-corrected chi connectivity index (χ3v) is 4.07. The number of nitrogens with zero attached hydrogens (tertiary/aromatic N) is 2. The van der Waals surface area contributed by atoms with Gasteiger partial charge in [0.15, 0.2) is 0 Å². The maximum absolute atomic E-state index is 12.7. The number of hydrogen-bond acceptors (Lipinski definition) is 4. The van der Waals surface area contributed by atoms with Gasteiger partial charge in [0.1, 0.15) is 10.7 Å². The lowest BCUT2D eigenvalue weighted by atomic mass is 10.1. The van der Waals surface area contributed by atoms with E-state index in [0.717, 1.165) is 16.3 Å². The second-order valence-electron chi connectivity index (χ2n) is 4.90. The maximum Gasteiger partial charge on any atom is 0.277 e. The summed E-state index contributed by atoms with van der Waals surface area (Å²) in [5.41, 5.74) is 3.71. The first-order valence-corrected chi connectivity index (χ1v) is 7.77. The first-order chi connectivity index (χ1) is 10.1. The number of carbonyl (C=O) groups is 1. The summed E-state index contributed by atoms with van der Waals surface area (Å²) in [4.78, 5) is 18.8. The molecule has 4 nitrogen and oxygen atoms in total. The van der Waals surface area contributed by atoms with Crippen molar-refractivity contribution in [3.8, 4) is 0 Å². The minimum atomic E-state index is -0.0666. The van der Waals surface area contributed by atoms with Crippen molar-refractivity contribution in [3.63, 3.8) is 0 Å². The summed E-state index contributed by atoms with van der Waals surface area (Å²) in [7, 11) is 1.62. The van der Waals surface area contributed by atoms with Gasteiger partial charge in [-0.25, -0.2) is 4.98 Å². The van der Waals surface area contributed by atoms with Gasteiger partial charge >= 0.3 is 0 Å². The van der Waals surface area contributed by atoms with Crippen LogP contribution in [0.5, 0.6) is 0 Å². The van der Waals surface area contributed by atoms with Crippen LogP contribution >= 0.6 is 11.3 Å². The van der Waals surface area contributed by atoms with Gasteiger partial charge in [-0.1, -0.05) is 17.7 Å². The summed E-state index contributed by atoms with van der Waals surface area (Å²) in [5.74, 6) is -0.0666. The number of anilines is 1. The van der Waals surface area contributed by atoms with Gasteiger partial charge in [0.05, 0.1) is 6.61 Å². The van der Waals surface area contributed by atoms with E-state index in [4.69, 9.17) is 4.74 Å². The van der Waals surface area contributed by atoms with Crippen molar-refractivity contribution in [2.75, 3.05) is 18.6 Å². The molecule has 112 valence electrons. The van der Waals surface area contributed by atoms with Gasteiger partial charge < -0.3 is 9.64 Å². The Morgan fingerprint density at radius 1 is 1.38 bits per heavy atom. The number of rotatable bonds is 5. The third kappa shape index (κ3) is 3.49. The molecule has 1 aromatic heterocycles. The molecule has 0 aliphatic rings. The standard InChI is InChI=1S/C16H20N2O2S/c1-5-18(14-7-6-11(2)8-12(14)3)16(19)13-10-21-15(17-13)9-20-4/h6-8,10H,5,9H2,1-4H3. The van der Waals surface area contributed by atoms with E-state index < -0.39 is 0 Å². The van der Waals surface area contributed by atoms with E-state index in [1.807, 2.05) is 32.9 Å². The molecule has 2 aromatic rings. The Hall–Kier alpha value is -1.72. The van der Waals surface area contributed by atoms with Crippen molar-refractivity contribution < 1.29 is 9.53 Å². The molecule has 0 radical (unpaired) electrons. The average Bonchev–Trinajstić information content (AvgIpc) is 2.91. The molecule has 0 saturated heterocycles. The summed E-state index contributed by atoms with van der Waals surface area (Å²) >= 11 is 1.45. The molecule has 0 unspecified atom stereocenters. The van der Waals surface area contributed by atoms with Crippen molar-refractivity contribution >= 4 is 22.9 Å². The van der Waals surface area contributed by atoms with E-state index in [9.17, 15) is 4.79 Å². The Morgan fingerprint density at radius 3 is 2.76 bits per heavy atom. The molecule has 0 atom stereocenters. The Kier molecular flexibility index (Phi) is 5.09. The lowest BCUT2D eigenvalue weighted by Gasteiger charge is -2.22. The van der Waals surface area contributed by atoms with Gasteiger partial charge in [0.2, 0.25) is 0 Å². The van der Waals surface area contributed by atoms with Crippen LogP contribution in [-0.2, 0) is 11.3 Å². The van der Waals surface area contributed by atoms with Gasteiger partial charge in [-0.2, -0.15) is 0 Å². The second kappa shape index (κ2) is 6.83. The average molecular weight is 304 g/mol. The molecule has 5 heteroatoms. The Balaban J connectivity index is 2.29. The zero-order valence-corrected chi connectivity index (χ0v) is 13.7. The van der Waals surface area contributed by atoms with Crippen LogP contribution in [0.2, 0.25) is 0 Å². The highest BCUT2D eigenvalue weighted by Crippen LogP contribution is 2.23. The number of hydrogen-bond donors (Lipinski definition) is 0. The SMILES string of the molecule is CCN(C(=O)c1csc(COC)n1)c1ccc(C)cc1C. The lowest BCUT2D eigenvalue weighted by molar-refractivity contribution is 0.0983. The van der Waals surface area contributed by atoms with Crippen LogP contribution < -0.4 is 4.90 Å². The smallest absolute Gasteiger partial charge is 0.277 e. The zero-order valence-electron chi connectivity index (χ0n) is 12.8. The molecule has 0 aliphatic heterocycles. The van der Waals surface area contributed by atoms with Crippen LogP contribution in [0.15, 0.2) is 23.6 Å². The molecule has 2 rings (SSSR count). The molecule has 0 fully saturated rings. The number of aromatic nitrogens is 1. The molecule has 0 aliphatic carbocycles. The maximum atomic E-state index is 12.7. The fraction of sp³-hybridized carbons (Fsp3) is 0.375. The topological polar surface area (TPSA) is 42.4 Å². The number of thiazole rings is 1. The van der Waals surface area contributed by atoms with Crippen LogP contribution in [0.1, 0.15) is 33.5 Å². The number of aryl methyl sites for hydroxylation is 2. The summed E-state index contributed by atoms with van der Waals surface area (Å²) in [5, 5.41) is 2.61. The van der Waals surface area contributed by atoms with E-state index in [0.29, 0.717) is 18.8 Å². The highest BCUT2D eigenvalue weighted by molar-refractivity contribution is 7.09. The minimum absolute atomic E-state index is 0.0666.